The molecule has 0 fully saturated rings. The van der Waals surface area contributed by atoms with Crippen molar-refractivity contribution in [3.8, 4) is 0 Å². The van der Waals surface area contributed by atoms with Gasteiger partial charge in [0.05, 0.1) is 40.4 Å². The fourth-order valence-electron chi connectivity index (χ4n) is 3.33. The van der Waals surface area contributed by atoms with Crippen molar-refractivity contribution < 1.29 is 18.0 Å². The van der Waals surface area contributed by atoms with Gasteiger partial charge in [-0.05, 0) is 45.4 Å². The minimum atomic E-state index is -4.40. The molecule has 0 bridgehead atoms. The first-order valence-corrected chi connectivity index (χ1v) is 9.00. The van der Waals surface area contributed by atoms with Crippen LogP contribution in [-0.2, 0) is 19.8 Å². The predicted molar refractivity (Wildman–Crippen MR) is 103 cm³/mol. The predicted octanol–water partition coefficient (Wildman–Crippen LogP) is 4.17. The van der Waals surface area contributed by atoms with Crippen molar-refractivity contribution in [1.82, 2.24) is 19.6 Å². The highest BCUT2D eigenvalue weighted by Crippen LogP contribution is 2.30. The SMILES string of the molecule is Cc1nn(Cc2cccc(C(F)(F)F)c2)c(C)c1NC(=O)c1c(C)nn(C)c1C. The summed E-state index contributed by atoms with van der Waals surface area (Å²) in [5, 5.41) is 11.5. The molecular formula is C20H22F3N5O. The van der Waals surface area contributed by atoms with Gasteiger partial charge >= 0.3 is 6.18 Å². The number of aryl methyl sites for hydroxylation is 3. The molecule has 3 aromatic rings. The van der Waals surface area contributed by atoms with Crippen LogP contribution in [0.1, 0.15) is 44.3 Å². The number of anilines is 1. The minimum absolute atomic E-state index is 0.164. The summed E-state index contributed by atoms with van der Waals surface area (Å²) in [7, 11) is 1.77. The highest BCUT2D eigenvalue weighted by atomic mass is 19.4. The van der Waals surface area contributed by atoms with Crippen molar-refractivity contribution in [3.05, 3.63) is 63.7 Å². The number of benzene rings is 1. The summed E-state index contributed by atoms with van der Waals surface area (Å²) in [4.78, 5) is 12.8. The number of amides is 1. The van der Waals surface area contributed by atoms with Crippen LogP contribution in [0.15, 0.2) is 24.3 Å². The number of halogens is 3. The first kappa shape index (κ1) is 20.6. The van der Waals surface area contributed by atoms with E-state index < -0.39 is 11.7 Å². The number of carbonyl (C=O) groups is 1. The van der Waals surface area contributed by atoms with Gasteiger partial charge in [-0.1, -0.05) is 12.1 Å². The molecule has 1 N–H and O–H groups in total. The number of rotatable bonds is 4. The third-order valence-electron chi connectivity index (χ3n) is 4.94. The smallest absolute Gasteiger partial charge is 0.319 e. The molecule has 0 unspecified atom stereocenters. The number of nitrogens with zero attached hydrogens (tertiary/aromatic N) is 4. The molecule has 0 aliphatic heterocycles. The third-order valence-corrected chi connectivity index (χ3v) is 4.94. The van der Waals surface area contributed by atoms with Crippen LogP contribution in [-0.4, -0.2) is 25.5 Å². The Bertz CT molecular complexity index is 1080. The molecule has 0 aliphatic carbocycles. The number of alkyl halides is 3. The maximum absolute atomic E-state index is 12.9. The van der Waals surface area contributed by atoms with E-state index in [0.29, 0.717) is 33.9 Å². The standard InChI is InChI=1S/C20H22F3N5O/c1-11-17(13(3)27(5)25-11)19(29)24-18-12(2)26-28(14(18)4)10-15-7-6-8-16(9-15)20(21,22)23/h6-9H,10H2,1-5H3,(H,24,29). The van der Waals surface area contributed by atoms with Gasteiger partial charge in [0.25, 0.3) is 5.91 Å². The lowest BCUT2D eigenvalue weighted by Crippen LogP contribution is -2.15. The van der Waals surface area contributed by atoms with E-state index in [1.807, 2.05) is 6.92 Å². The maximum Gasteiger partial charge on any atom is 0.416 e. The van der Waals surface area contributed by atoms with Crippen LogP contribution >= 0.6 is 0 Å². The maximum atomic E-state index is 12.9. The lowest BCUT2D eigenvalue weighted by molar-refractivity contribution is -0.137. The molecule has 29 heavy (non-hydrogen) atoms. The van der Waals surface area contributed by atoms with Crippen molar-refractivity contribution in [2.24, 2.45) is 7.05 Å². The average Bonchev–Trinajstić information content (AvgIpc) is 3.03. The molecule has 0 saturated carbocycles. The van der Waals surface area contributed by atoms with Crippen LogP contribution in [0, 0.1) is 27.7 Å². The Labute approximate surface area is 166 Å². The van der Waals surface area contributed by atoms with Crippen molar-refractivity contribution >= 4 is 11.6 Å². The second-order valence-corrected chi connectivity index (χ2v) is 7.03. The molecule has 1 aromatic carbocycles. The quantitative estimate of drug-likeness (QED) is 0.709. The van der Waals surface area contributed by atoms with Gasteiger partial charge in [-0.2, -0.15) is 23.4 Å². The fourth-order valence-corrected chi connectivity index (χ4v) is 3.33. The minimum Gasteiger partial charge on any atom is -0.319 e. The van der Waals surface area contributed by atoms with Crippen LogP contribution in [0.5, 0.6) is 0 Å². The van der Waals surface area contributed by atoms with Gasteiger partial charge in [-0.15, -0.1) is 0 Å². The van der Waals surface area contributed by atoms with Crippen molar-refractivity contribution in [3.63, 3.8) is 0 Å². The molecule has 9 heteroatoms. The Morgan fingerprint density at radius 1 is 1.07 bits per heavy atom. The first-order chi connectivity index (χ1) is 13.5. The molecule has 0 saturated heterocycles. The van der Waals surface area contributed by atoms with E-state index in [9.17, 15) is 18.0 Å². The summed E-state index contributed by atoms with van der Waals surface area (Å²) in [6.45, 7) is 7.25. The highest BCUT2D eigenvalue weighted by molar-refractivity contribution is 6.06. The van der Waals surface area contributed by atoms with Crippen LogP contribution in [0.25, 0.3) is 0 Å². The first-order valence-electron chi connectivity index (χ1n) is 9.00. The Balaban J connectivity index is 1.87. The Morgan fingerprint density at radius 3 is 2.34 bits per heavy atom. The molecule has 154 valence electrons. The summed E-state index contributed by atoms with van der Waals surface area (Å²) in [5.74, 6) is -0.294. The number of aromatic nitrogens is 4. The Hall–Kier alpha value is -3.10. The second-order valence-electron chi connectivity index (χ2n) is 7.03. The van der Waals surface area contributed by atoms with E-state index >= 15 is 0 Å². The molecule has 6 nitrogen and oxygen atoms in total. The van der Waals surface area contributed by atoms with E-state index in [1.54, 1.807) is 43.2 Å². The van der Waals surface area contributed by atoms with Gasteiger partial charge in [0, 0.05) is 12.7 Å². The van der Waals surface area contributed by atoms with Gasteiger partial charge in [0.1, 0.15) is 0 Å². The molecule has 0 aliphatic rings. The summed E-state index contributed by atoms with van der Waals surface area (Å²) in [6, 6.07) is 5.14. The normalized spacial score (nSPS) is 11.7. The molecule has 0 radical (unpaired) electrons. The Kier molecular flexibility index (Phi) is 5.25. The van der Waals surface area contributed by atoms with E-state index in [4.69, 9.17) is 0 Å². The van der Waals surface area contributed by atoms with Crippen molar-refractivity contribution in [1.29, 1.82) is 0 Å². The van der Waals surface area contributed by atoms with Crippen LogP contribution in [0.2, 0.25) is 0 Å². The van der Waals surface area contributed by atoms with Crippen molar-refractivity contribution in [2.75, 3.05) is 5.32 Å². The summed E-state index contributed by atoms with van der Waals surface area (Å²) in [6.07, 6.45) is -4.40. The lowest BCUT2D eigenvalue weighted by atomic mass is 10.1. The van der Waals surface area contributed by atoms with E-state index in [1.165, 1.54) is 6.07 Å². The van der Waals surface area contributed by atoms with Crippen LogP contribution in [0.4, 0.5) is 18.9 Å². The summed E-state index contributed by atoms with van der Waals surface area (Å²) >= 11 is 0. The third kappa shape index (κ3) is 4.03. The zero-order chi connectivity index (χ0) is 21.5. The number of carbonyl (C=O) groups excluding carboxylic acids is 1. The van der Waals surface area contributed by atoms with E-state index in [2.05, 4.69) is 15.5 Å². The second kappa shape index (κ2) is 7.38. The van der Waals surface area contributed by atoms with Crippen LogP contribution < -0.4 is 5.32 Å². The zero-order valence-corrected chi connectivity index (χ0v) is 16.8. The Morgan fingerprint density at radius 2 is 1.76 bits per heavy atom. The molecule has 3 rings (SSSR count). The monoisotopic (exact) mass is 405 g/mol. The largest absolute Gasteiger partial charge is 0.416 e. The van der Waals surface area contributed by atoms with Gasteiger partial charge in [-0.3, -0.25) is 14.2 Å². The molecule has 0 spiro atoms. The average molecular weight is 405 g/mol. The van der Waals surface area contributed by atoms with Crippen molar-refractivity contribution in [2.45, 2.75) is 40.4 Å². The number of nitrogens with one attached hydrogen (secondary N) is 1. The summed E-state index contributed by atoms with van der Waals surface area (Å²) < 4.78 is 42.1. The topological polar surface area (TPSA) is 64.7 Å². The zero-order valence-electron chi connectivity index (χ0n) is 16.8. The van der Waals surface area contributed by atoms with E-state index in [0.717, 1.165) is 17.8 Å². The number of hydrogen-bond acceptors (Lipinski definition) is 3. The number of hydrogen-bond donors (Lipinski definition) is 1. The fraction of sp³-hybridized carbons (Fsp3) is 0.350. The van der Waals surface area contributed by atoms with Crippen LogP contribution in [0.3, 0.4) is 0 Å². The van der Waals surface area contributed by atoms with Gasteiger partial charge < -0.3 is 5.32 Å². The van der Waals surface area contributed by atoms with E-state index in [-0.39, 0.29) is 12.5 Å². The molecule has 1 amide bonds. The van der Waals surface area contributed by atoms with Gasteiger partial charge in [-0.25, -0.2) is 0 Å². The molecule has 2 heterocycles. The molecular weight excluding hydrogens is 383 g/mol. The highest BCUT2D eigenvalue weighted by Gasteiger charge is 2.30. The lowest BCUT2D eigenvalue weighted by Gasteiger charge is -2.10. The summed E-state index contributed by atoms with van der Waals surface area (Å²) in [5.41, 5.74) is 3.42. The van der Waals surface area contributed by atoms with Gasteiger partial charge in [0.15, 0.2) is 0 Å². The van der Waals surface area contributed by atoms with Gasteiger partial charge in [0.2, 0.25) is 0 Å². The molecule has 0 atom stereocenters. The molecule has 2 aromatic heterocycles.